The summed E-state index contributed by atoms with van der Waals surface area (Å²) in [5.41, 5.74) is 9.42. The summed E-state index contributed by atoms with van der Waals surface area (Å²) in [6.07, 6.45) is 3.37. The summed E-state index contributed by atoms with van der Waals surface area (Å²) in [5, 5.41) is 8.72. The van der Waals surface area contributed by atoms with Gasteiger partial charge in [-0.25, -0.2) is 10.9 Å². The average molecular weight is 573 g/mol. The van der Waals surface area contributed by atoms with Crippen LogP contribution in [0.15, 0.2) is 119 Å². The first kappa shape index (κ1) is 28.7. The minimum Gasteiger partial charge on any atom is -0.494 e. The van der Waals surface area contributed by atoms with Crippen molar-refractivity contribution >= 4 is 41.6 Å². The van der Waals surface area contributed by atoms with Gasteiger partial charge in [0.15, 0.2) is 0 Å². The first-order valence-electron chi connectivity index (χ1n) is 13.9. The molecule has 0 aliphatic rings. The number of hydrazone groups is 2. The summed E-state index contributed by atoms with van der Waals surface area (Å²) in [6.45, 7) is 5.13. The molecule has 5 rings (SSSR count). The third-order valence-corrected chi connectivity index (χ3v) is 5.99. The van der Waals surface area contributed by atoms with Crippen molar-refractivity contribution in [3.63, 3.8) is 0 Å². The number of nitrogens with zero attached hydrogens (tertiary/aromatic N) is 6. The summed E-state index contributed by atoms with van der Waals surface area (Å²) in [6, 6.07) is 35.0. The fourth-order valence-corrected chi connectivity index (χ4v) is 4.06. The van der Waals surface area contributed by atoms with E-state index in [0.29, 0.717) is 19.2 Å². The van der Waals surface area contributed by atoms with Gasteiger partial charge in [0, 0.05) is 11.4 Å². The second-order valence-electron chi connectivity index (χ2n) is 9.03. The van der Waals surface area contributed by atoms with Gasteiger partial charge in [-0.1, -0.05) is 36.4 Å². The van der Waals surface area contributed by atoms with Crippen LogP contribution in [0.2, 0.25) is 0 Å². The molecule has 0 radical (unpaired) electrons. The zero-order valence-electron chi connectivity index (χ0n) is 24.0. The fraction of sp³-hybridized carbons (Fsp3) is 0.121. The van der Waals surface area contributed by atoms with Gasteiger partial charge < -0.3 is 9.47 Å². The lowest BCUT2D eigenvalue weighted by molar-refractivity contribution is 0.340. The molecule has 43 heavy (non-hydrogen) atoms. The molecule has 0 unspecified atom stereocenters. The highest BCUT2D eigenvalue weighted by molar-refractivity contribution is 5.81. The molecular weight excluding hydrogens is 540 g/mol. The van der Waals surface area contributed by atoms with E-state index in [9.17, 15) is 0 Å². The highest BCUT2D eigenvalue weighted by Gasteiger charge is 2.17. The van der Waals surface area contributed by atoms with Gasteiger partial charge in [-0.15, -0.1) is 0 Å². The lowest BCUT2D eigenvalue weighted by Crippen LogP contribution is -2.16. The molecule has 1 aromatic heterocycles. The Morgan fingerprint density at radius 1 is 0.581 bits per heavy atom. The van der Waals surface area contributed by atoms with Crippen LogP contribution in [0.1, 0.15) is 25.0 Å². The Kier molecular flexibility index (Phi) is 9.86. The lowest BCUT2D eigenvalue weighted by atomic mass is 10.2. The zero-order valence-corrected chi connectivity index (χ0v) is 24.0. The van der Waals surface area contributed by atoms with Crippen LogP contribution in [0.25, 0.3) is 0 Å². The molecule has 10 heteroatoms. The van der Waals surface area contributed by atoms with Crippen LogP contribution in [0.4, 0.5) is 29.2 Å². The van der Waals surface area contributed by atoms with Gasteiger partial charge in [0.1, 0.15) is 11.5 Å². The topological polar surface area (TPSA) is 109 Å². The first-order chi connectivity index (χ1) is 21.2. The van der Waals surface area contributed by atoms with Crippen LogP contribution in [-0.2, 0) is 0 Å². The van der Waals surface area contributed by atoms with Crippen LogP contribution >= 0.6 is 0 Å². The molecule has 0 saturated heterocycles. The Labute approximate surface area is 250 Å². The normalized spacial score (nSPS) is 11.0. The maximum absolute atomic E-state index is 5.52. The minimum absolute atomic E-state index is 0.239. The third-order valence-electron chi connectivity index (χ3n) is 5.99. The van der Waals surface area contributed by atoms with Gasteiger partial charge in [-0.05, 0) is 97.8 Å². The van der Waals surface area contributed by atoms with E-state index in [-0.39, 0.29) is 11.9 Å². The van der Waals surface area contributed by atoms with E-state index in [2.05, 4.69) is 26.0 Å². The number of aromatic nitrogens is 3. The van der Waals surface area contributed by atoms with E-state index in [1.807, 2.05) is 128 Å². The number of benzene rings is 4. The second-order valence-corrected chi connectivity index (χ2v) is 9.03. The largest absolute Gasteiger partial charge is 0.494 e. The van der Waals surface area contributed by atoms with Crippen LogP contribution in [0.5, 0.6) is 11.5 Å². The highest BCUT2D eigenvalue weighted by atomic mass is 16.5. The summed E-state index contributed by atoms with van der Waals surface area (Å²) in [4.78, 5) is 15.8. The van der Waals surface area contributed by atoms with Gasteiger partial charge in [0.05, 0.1) is 25.6 Å². The molecular formula is C33H32N8O2. The quantitative estimate of drug-likeness (QED) is 0.114. The Morgan fingerprint density at radius 2 is 1.00 bits per heavy atom. The zero-order chi connectivity index (χ0) is 29.7. The molecule has 4 aromatic carbocycles. The van der Waals surface area contributed by atoms with Crippen molar-refractivity contribution < 1.29 is 9.47 Å². The van der Waals surface area contributed by atoms with E-state index in [1.165, 1.54) is 0 Å². The van der Waals surface area contributed by atoms with E-state index >= 15 is 0 Å². The number of nitrogens with one attached hydrogen (secondary N) is 2. The lowest BCUT2D eigenvalue weighted by Gasteiger charge is -2.23. The van der Waals surface area contributed by atoms with Gasteiger partial charge in [-0.2, -0.15) is 25.2 Å². The van der Waals surface area contributed by atoms with Gasteiger partial charge >= 0.3 is 0 Å². The van der Waals surface area contributed by atoms with Gasteiger partial charge in [0.2, 0.25) is 17.8 Å². The molecule has 0 saturated carbocycles. The SMILES string of the molecule is CCOc1ccc(C=NNc2nc(NN=Cc3ccc(OCC)cc3)nc(N(c3ccccc3)c3ccccc3)n2)cc1. The Balaban J connectivity index is 1.44. The molecule has 0 atom stereocenters. The standard InChI is InChI=1S/C33H32N8O2/c1-3-42-29-19-15-25(16-20-29)23-34-39-31-36-32(40-35-24-26-17-21-30(22-18-26)43-4-2)38-33(37-31)41(27-11-7-5-8-12-27)28-13-9-6-10-14-28/h5-24H,3-4H2,1-2H3,(H2,36,37,38,39,40). The smallest absolute Gasteiger partial charge is 0.250 e. The number of anilines is 5. The van der Waals surface area contributed by atoms with E-state index in [0.717, 1.165) is 34.0 Å². The summed E-state index contributed by atoms with van der Waals surface area (Å²) in [7, 11) is 0. The Morgan fingerprint density at radius 3 is 1.40 bits per heavy atom. The molecule has 0 amide bonds. The maximum Gasteiger partial charge on any atom is 0.250 e. The molecule has 0 fully saturated rings. The number of para-hydroxylation sites is 2. The fourth-order valence-electron chi connectivity index (χ4n) is 4.06. The minimum atomic E-state index is 0.239. The van der Waals surface area contributed by atoms with Crippen molar-refractivity contribution in [2.75, 3.05) is 29.0 Å². The van der Waals surface area contributed by atoms with Crippen molar-refractivity contribution in [2.45, 2.75) is 13.8 Å². The predicted octanol–water partition coefficient (Wildman–Crippen LogP) is 7.03. The van der Waals surface area contributed by atoms with Crippen molar-refractivity contribution in [1.82, 2.24) is 15.0 Å². The molecule has 0 aliphatic carbocycles. The van der Waals surface area contributed by atoms with Crippen LogP contribution in [0, 0.1) is 0 Å². The van der Waals surface area contributed by atoms with Crippen molar-refractivity contribution in [3.05, 3.63) is 120 Å². The van der Waals surface area contributed by atoms with E-state index in [1.54, 1.807) is 12.4 Å². The van der Waals surface area contributed by atoms with Crippen LogP contribution in [0.3, 0.4) is 0 Å². The summed E-state index contributed by atoms with van der Waals surface area (Å²) >= 11 is 0. The van der Waals surface area contributed by atoms with E-state index < -0.39 is 0 Å². The van der Waals surface area contributed by atoms with E-state index in [4.69, 9.17) is 19.4 Å². The molecule has 216 valence electrons. The summed E-state index contributed by atoms with van der Waals surface area (Å²) < 4.78 is 11.0. The van der Waals surface area contributed by atoms with Gasteiger partial charge in [-0.3, -0.25) is 4.90 Å². The first-order valence-corrected chi connectivity index (χ1v) is 13.9. The highest BCUT2D eigenvalue weighted by Crippen LogP contribution is 2.32. The third kappa shape index (κ3) is 8.14. The van der Waals surface area contributed by atoms with Crippen molar-refractivity contribution in [1.29, 1.82) is 0 Å². The average Bonchev–Trinajstić information content (AvgIpc) is 3.04. The molecule has 5 aromatic rings. The maximum atomic E-state index is 5.52. The molecule has 2 N–H and O–H groups in total. The number of hydrogen-bond donors (Lipinski definition) is 2. The monoisotopic (exact) mass is 572 g/mol. The van der Waals surface area contributed by atoms with Gasteiger partial charge in [0.25, 0.3) is 0 Å². The summed E-state index contributed by atoms with van der Waals surface area (Å²) in [5.74, 6) is 2.46. The predicted molar refractivity (Wildman–Crippen MR) is 172 cm³/mol. The number of rotatable bonds is 13. The molecule has 0 bridgehead atoms. The molecule has 10 nitrogen and oxygen atoms in total. The number of ether oxygens (including phenoxy) is 2. The number of hydrogen-bond acceptors (Lipinski definition) is 10. The van der Waals surface area contributed by atoms with Crippen molar-refractivity contribution in [2.24, 2.45) is 10.2 Å². The Bertz CT molecular complexity index is 1510. The second kappa shape index (κ2) is 14.7. The molecule has 0 spiro atoms. The van der Waals surface area contributed by atoms with Crippen molar-refractivity contribution in [3.8, 4) is 11.5 Å². The molecule has 0 aliphatic heterocycles. The Hall–Kier alpha value is -5.77. The van der Waals surface area contributed by atoms with Crippen LogP contribution < -0.4 is 25.2 Å². The molecule has 1 heterocycles. The van der Waals surface area contributed by atoms with Crippen LogP contribution in [-0.4, -0.2) is 40.6 Å².